The van der Waals surface area contributed by atoms with Crippen molar-refractivity contribution in [1.82, 2.24) is 4.90 Å². The van der Waals surface area contributed by atoms with Crippen molar-refractivity contribution in [2.45, 2.75) is 36.7 Å². The van der Waals surface area contributed by atoms with E-state index in [4.69, 9.17) is 9.47 Å². The summed E-state index contributed by atoms with van der Waals surface area (Å²) in [6.45, 7) is 4.19. The van der Waals surface area contributed by atoms with Gasteiger partial charge in [-0.2, -0.15) is 0 Å². The third kappa shape index (κ3) is 8.11. The molecule has 3 aromatic rings. The zero-order chi connectivity index (χ0) is 26.8. The summed E-state index contributed by atoms with van der Waals surface area (Å²) in [5.41, 5.74) is 0.446. The molecule has 1 amide bonds. The van der Waals surface area contributed by atoms with Gasteiger partial charge in [0.15, 0.2) is 5.60 Å². The minimum Gasteiger partial charge on any atom is -0.478 e. The minimum absolute atomic E-state index is 0.157. The highest BCUT2D eigenvalue weighted by atomic mass is 32.2. The van der Waals surface area contributed by atoms with Gasteiger partial charge in [0.05, 0.1) is 0 Å². The van der Waals surface area contributed by atoms with Crippen molar-refractivity contribution in [2.24, 2.45) is 0 Å². The Morgan fingerprint density at radius 2 is 1.68 bits per heavy atom. The maximum Gasteiger partial charge on any atom is 0.415 e. The molecule has 194 valence electrons. The number of aldehydes is 1. The summed E-state index contributed by atoms with van der Waals surface area (Å²) in [5, 5.41) is 9.22. The first-order valence-electron chi connectivity index (χ1n) is 11.8. The summed E-state index contributed by atoms with van der Waals surface area (Å²) in [5.74, 6) is 0.163. The van der Waals surface area contributed by atoms with Gasteiger partial charge in [-0.05, 0) is 68.5 Å². The first-order chi connectivity index (χ1) is 17.7. The molecule has 1 aliphatic rings. The van der Waals surface area contributed by atoms with Gasteiger partial charge in [0.25, 0.3) is 0 Å². The van der Waals surface area contributed by atoms with Crippen LogP contribution in [0.4, 0.5) is 4.79 Å². The monoisotopic (exact) mass is 521 g/mol. The normalized spacial score (nSPS) is 14.8. The van der Waals surface area contributed by atoms with E-state index in [1.54, 1.807) is 34.9 Å². The molecule has 0 spiro atoms. The zero-order valence-corrected chi connectivity index (χ0v) is 21.9. The van der Waals surface area contributed by atoms with Gasteiger partial charge >= 0.3 is 12.1 Å². The summed E-state index contributed by atoms with van der Waals surface area (Å²) in [6.07, 6.45) is 3.32. The van der Waals surface area contributed by atoms with Crippen molar-refractivity contribution in [3.63, 3.8) is 0 Å². The van der Waals surface area contributed by atoms with Crippen molar-refractivity contribution in [3.05, 3.63) is 90.0 Å². The van der Waals surface area contributed by atoms with Crippen LogP contribution in [0.1, 0.15) is 42.1 Å². The van der Waals surface area contributed by atoms with E-state index in [2.05, 4.69) is 0 Å². The Labute approximate surface area is 221 Å². The van der Waals surface area contributed by atoms with E-state index < -0.39 is 11.6 Å². The second-order valence-electron chi connectivity index (χ2n) is 8.99. The lowest BCUT2D eigenvalue weighted by atomic mass is 9.98. The van der Waals surface area contributed by atoms with E-state index in [0.29, 0.717) is 24.6 Å². The summed E-state index contributed by atoms with van der Waals surface area (Å²) < 4.78 is 11.0. The predicted octanol–water partition coefficient (Wildman–Crippen LogP) is 6.14. The van der Waals surface area contributed by atoms with E-state index in [0.717, 1.165) is 23.8 Å². The number of hydrogen-bond acceptors (Lipinski definition) is 6. The number of nitrogens with zero attached hydrogens (tertiary/aromatic N) is 1. The van der Waals surface area contributed by atoms with Crippen molar-refractivity contribution >= 4 is 30.1 Å². The van der Waals surface area contributed by atoms with Crippen LogP contribution in [0.25, 0.3) is 0 Å². The first-order valence-corrected chi connectivity index (χ1v) is 13.1. The van der Waals surface area contributed by atoms with Crippen molar-refractivity contribution in [2.75, 3.05) is 19.3 Å². The topological polar surface area (TPSA) is 93.1 Å². The number of thioether (sulfide) groups is 1. The molecule has 0 aliphatic carbocycles. The molecule has 37 heavy (non-hydrogen) atoms. The third-order valence-corrected chi connectivity index (χ3v) is 6.61. The molecule has 1 unspecified atom stereocenters. The Bertz CT molecular complexity index is 1200. The van der Waals surface area contributed by atoms with Crippen LogP contribution in [-0.4, -0.2) is 53.3 Å². The van der Waals surface area contributed by atoms with Gasteiger partial charge in [-0.1, -0.05) is 42.5 Å². The predicted molar refractivity (Wildman–Crippen MR) is 144 cm³/mol. The number of aliphatic carboxylic acids is 1. The van der Waals surface area contributed by atoms with E-state index in [1.807, 2.05) is 66.9 Å². The number of para-hydroxylation sites is 1. The number of likely N-dealkylation sites (tertiary alicyclic amines) is 1. The number of rotatable bonds is 7. The number of carboxylic acids is 1. The third-order valence-electron chi connectivity index (χ3n) is 5.86. The fraction of sp³-hybridized carbons (Fsp3) is 0.276. The van der Waals surface area contributed by atoms with Crippen molar-refractivity contribution < 1.29 is 29.0 Å². The number of hydrogen-bond donors (Lipinski definition) is 1. The van der Waals surface area contributed by atoms with Gasteiger partial charge in [-0.15, -0.1) is 11.8 Å². The lowest BCUT2D eigenvalue weighted by Gasteiger charge is -2.22. The molecule has 1 heterocycles. The molecule has 0 bridgehead atoms. The van der Waals surface area contributed by atoms with Crippen molar-refractivity contribution in [3.8, 4) is 11.5 Å². The summed E-state index contributed by atoms with van der Waals surface area (Å²) >= 11 is 1.67. The first kappa shape index (κ1) is 27.8. The van der Waals surface area contributed by atoms with Gasteiger partial charge in [-0.3, -0.25) is 4.79 Å². The summed E-state index contributed by atoms with van der Waals surface area (Å²) in [4.78, 5) is 36.7. The molecule has 4 rings (SSSR count). The molecular formula is C29H31NO6S. The maximum atomic E-state index is 12.3. The highest BCUT2D eigenvalue weighted by molar-refractivity contribution is 7.98. The minimum atomic E-state index is -1.31. The second kappa shape index (κ2) is 13.0. The molecule has 7 nitrogen and oxygen atoms in total. The number of benzene rings is 3. The maximum absolute atomic E-state index is 12.3. The molecule has 1 fully saturated rings. The van der Waals surface area contributed by atoms with Crippen LogP contribution < -0.4 is 9.47 Å². The number of amides is 1. The molecule has 3 aromatic carbocycles. The molecule has 8 heteroatoms. The molecule has 0 radical (unpaired) electrons. The van der Waals surface area contributed by atoms with Crippen molar-refractivity contribution in [1.29, 1.82) is 0 Å². The Balaban J connectivity index is 0.000000319. The Hall–Kier alpha value is -3.78. The van der Waals surface area contributed by atoms with E-state index in [9.17, 15) is 19.5 Å². The van der Waals surface area contributed by atoms with Gasteiger partial charge in [0, 0.05) is 29.5 Å². The van der Waals surface area contributed by atoms with E-state index >= 15 is 0 Å². The Morgan fingerprint density at radius 3 is 2.30 bits per heavy atom. The standard InChI is InChI=1S/C21H23NO5.C8H8OS/c1-21(2,19(23)24)27-18-10-6-7-15(13-18)16-11-12-22(14-16)20(25)26-17-8-4-3-5-9-17;1-10-8-4-2-7(6-9)3-5-8/h3-10,13,16H,11-12,14H2,1-2H3,(H,23,24);2-6H,1H3. The second-order valence-corrected chi connectivity index (χ2v) is 9.87. The average Bonchev–Trinajstić information content (AvgIpc) is 3.40. The van der Waals surface area contributed by atoms with E-state index in [1.165, 1.54) is 18.7 Å². The van der Waals surface area contributed by atoms with Gasteiger partial charge < -0.3 is 19.5 Å². The largest absolute Gasteiger partial charge is 0.478 e. The van der Waals surface area contributed by atoms with Crippen LogP contribution in [0, 0.1) is 0 Å². The summed E-state index contributed by atoms with van der Waals surface area (Å²) in [7, 11) is 0. The smallest absolute Gasteiger partial charge is 0.415 e. The van der Waals surface area contributed by atoms with Crippen LogP contribution in [0.2, 0.25) is 0 Å². The number of carbonyl (C=O) groups excluding carboxylic acids is 2. The lowest BCUT2D eigenvalue weighted by molar-refractivity contribution is -0.152. The molecule has 1 saturated heterocycles. The van der Waals surface area contributed by atoms with Crippen LogP contribution in [0.15, 0.2) is 83.8 Å². The van der Waals surface area contributed by atoms with Crippen LogP contribution >= 0.6 is 11.8 Å². The average molecular weight is 522 g/mol. The quantitative estimate of drug-likeness (QED) is 0.295. The molecule has 1 N–H and O–H groups in total. The fourth-order valence-corrected chi connectivity index (χ4v) is 4.11. The van der Waals surface area contributed by atoms with Crippen LogP contribution in [0.3, 0.4) is 0 Å². The highest BCUT2D eigenvalue weighted by Crippen LogP contribution is 2.31. The van der Waals surface area contributed by atoms with Crippen LogP contribution in [-0.2, 0) is 4.79 Å². The SMILES string of the molecule is CC(C)(Oc1cccc(C2CCN(C(=O)Oc3ccccc3)C2)c1)C(=O)O.CSc1ccc(C=O)cc1. The summed E-state index contributed by atoms with van der Waals surface area (Å²) in [6, 6.07) is 23.9. The molecular weight excluding hydrogens is 490 g/mol. The number of carboxylic acid groups (broad SMARTS) is 1. The molecule has 0 saturated carbocycles. The Morgan fingerprint density at radius 1 is 1.00 bits per heavy atom. The number of ether oxygens (including phenoxy) is 2. The Kier molecular flexibility index (Phi) is 9.74. The zero-order valence-electron chi connectivity index (χ0n) is 21.1. The van der Waals surface area contributed by atoms with Gasteiger partial charge in [-0.25, -0.2) is 9.59 Å². The molecule has 0 aromatic heterocycles. The molecule has 1 aliphatic heterocycles. The van der Waals surface area contributed by atoms with Crippen LogP contribution in [0.5, 0.6) is 11.5 Å². The lowest BCUT2D eigenvalue weighted by Crippen LogP contribution is -2.37. The van der Waals surface area contributed by atoms with Gasteiger partial charge in [0.1, 0.15) is 17.8 Å². The fourth-order valence-electron chi connectivity index (χ4n) is 3.70. The molecule has 1 atom stereocenters. The van der Waals surface area contributed by atoms with Gasteiger partial charge in [0.2, 0.25) is 0 Å². The highest BCUT2D eigenvalue weighted by Gasteiger charge is 2.31. The number of carbonyl (C=O) groups is 3. The van der Waals surface area contributed by atoms with E-state index in [-0.39, 0.29) is 12.0 Å².